The minimum atomic E-state index is -3.42. The van der Waals surface area contributed by atoms with Crippen LogP contribution in [0.3, 0.4) is 0 Å². The zero-order chi connectivity index (χ0) is 14.3. The molecule has 2 aromatic rings. The van der Waals surface area contributed by atoms with Crippen LogP contribution in [0.25, 0.3) is 0 Å². The second kappa shape index (κ2) is 4.64. The molecule has 6 nitrogen and oxygen atoms in total. The third-order valence-electron chi connectivity index (χ3n) is 3.05. The Morgan fingerprint density at radius 1 is 1.45 bits per heavy atom. The number of aromatic nitrogens is 1. The first-order valence-corrected chi connectivity index (χ1v) is 8.57. The van der Waals surface area contributed by atoms with Crippen molar-refractivity contribution in [1.82, 2.24) is 4.37 Å². The van der Waals surface area contributed by atoms with Crippen LogP contribution < -0.4 is 15.8 Å². The molecule has 0 fully saturated rings. The molecule has 1 aromatic heterocycles. The minimum Gasteiger partial charge on any atom is -0.491 e. The van der Waals surface area contributed by atoms with Crippen LogP contribution >= 0.6 is 11.5 Å². The van der Waals surface area contributed by atoms with E-state index in [-0.39, 0.29) is 16.8 Å². The van der Waals surface area contributed by atoms with Crippen LogP contribution in [0.15, 0.2) is 29.2 Å². The monoisotopic (exact) mass is 311 g/mol. The number of hydrogen-bond acceptors (Lipinski definition) is 7. The molecule has 0 saturated heterocycles. The molecule has 3 N–H and O–H groups in total. The molecule has 1 aromatic carbocycles. The van der Waals surface area contributed by atoms with Crippen molar-refractivity contribution in [1.29, 1.82) is 0 Å². The highest BCUT2D eigenvalue weighted by Gasteiger charge is 2.28. The van der Waals surface area contributed by atoms with Gasteiger partial charge in [-0.1, -0.05) is 18.2 Å². The third kappa shape index (κ3) is 2.20. The quantitative estimate of drug-likeness (QED) is 0.895. The van der Waals surface area contributed by atoms with Crippen molar-refractivity contribution >= 4 is 32.2 Å². The Bertz CT molecular complexity index is 755. The normalized spacial score (nSPS) is 17.6. The molecule has 1 aliphatic rings. The predicted octanol–water partition coefficient (Wildman–Crippen LogP) is 1.67. The van der Waals surface area contributed by atoms with Gasteiger partial charge in [-0.2, -0.15) is 4.37 Å². The molecule has 106 valence electrons. The molecule has 1 aliphatic heterocycles. The summed E-state index contributed by atoms with van der Waals surface area (Å²) in [6.07, 6.45) is 1.12. The number of sulfone groups is 1. The van der Waals surface area contributed by atoms with E-state index in [1.807, 2.05) is 24.3 Å². The lowest BCUT2D eigenvalue weighted by atomic mass is 10.1. The fraction of sp³-hybridized carbons (Fsp3) is 0.250. The first-order chi connectivity index (χ1) is 9.47. The van der Waals surface area contributed by atoms with Crippen molar-refractivity contribution in [2.24, 2.45) is 0 Å². The number of benzene rings is 1. The van der Waals surface area contributed by atoms with E-state index in [1.54, 1.807) is 0 Å². The largest absolute Gasteiger partial charge is 0.491 e. The molecule has 0 bridgehead atoms. The first-order valence-electron chi connectivity index (χ1n) is 5.90. The fourth-order valence-electron chi connectivity index (χ4n) is 2.18. The number of ether oxygens (including phenoxy) is 1. The van der Waals surface area contributed by atoms with Crippen LogP contribution in [-0.4, -0.2) is 25.7 Å². The van der Waals surface area contributed by atoms with Crippen LogP contribution in [-0.2, 0) is 9.84 Å². The topological polar surface area (TPSA) is 94.3 Å². The van der Waals surface area contributed by atoms with Crippen LogP contribution in [0.1, 0.15) is 11.6 Å². The van der Waals surface area contributed by atoms with Gasteiger partial charge in [0.2, 0.25) is 0 Å². The molecule has 0 spiro atoms. The maximum Gasteiger partial charge on any atom is 0.182 e. The predicted molar refractivity (Wildman–Crippen MR) is 77.9 cm³/mol. The van der Waals surface area contributed by atoms with Gasteiger partial charge in [0.15, 0.2) is 15.7 Å². The Kier molecular flexibility index (Phi) is 3.06. The van der Waals surface area contributed by atoms with Crippen molar-refractivity contribution in [3.05, 3.63) is 29.8 Å². The summed E-state index contributed by atoms with van der Waals surface area (Å²) in [4.78, 5) is 0.0619. The van der Waals surface area contributed by atoms with E-state index in [1.165, 1.54) is 0 Å². The summed E-state index contributed by atoms with van der Waals surface area (Å²) in [7, 11) is -3.42. The van der Waals surface area contributed by atoms with Crippen molar-refractivity contribution < 1.29 is 13.2 Å². The van der Waals surface area contributed by atoms with Gasteiger partial charge >= 0.3 is 0 Å². The second-order valence-corrected chi connectivity index (χ2v) is 7.27. The number of nitrogens with one attached hydrogen (secondary N) is 1. The summed E-state index contributed by atoms with van der Waals surface area (Å²) in [5.41, 5.74) is 6.64. The number of fused-ring (bicyclic) bond motifs is 1. The number of nitrogens with two attached hydrogens (primary N) is 1. The lowest BCUT2D eigenvalue weighted by Crippen LogP contribution is -2.13. The standard InChI is InChI=1S/C12H13N3O3S2/c1-20(16,17)10-11(13)15-19-12(10)14-8-6-18-9-5-3-2-4-7(8)9/h2-5,8,14H,6H2,1H3,(H2,13,15). The molecule has 1 atom stereocenters. The van der Waals surface area contributed by atoms with Crippen molar-refractivity contribution in [2.45, 2.75) is 10.9 Å². The lowest BCUT2D eigenvalue weighted by Gasteiger charge is -2.12. The van der Waals surface area contributed by atoms with Crippen LogP contribution in [0.5, 0.6) is 5.75 Å². The number of nitrogen functional groups attached to an aromatic ring is 1. The van der Waals surface area contributed by atoms with E-state index in [0.717, 1.165) is 29.1 Å². The van der Waals surface area contributed by atoms with Gasteiger partial charge in [0, 0.05) is 11.8 Å². The van der Waals surface area contributed by atoms with Crippen LogP contribution in [0.4, 0.5) is 10.8 Å². The van der Waals surface area contributed by atoms with Gasteiger partial charge in [0.25, 0.3) is 0 Å². The highest BCUT2D eigenvalue weighted by molar-refractivity contribution is 7.91. The summed E-state index contributed by atoms with van der Waals surface area (Å²) in [5, 5.41) is 3.62. The van der Waals surface area contributed by atoms with E-state index < -0.39 is 9.84 Å². The summed E-state index contributed by atoms with van der Waals surface area (Å²) in [6.45, 7) is 0.445. The van der Waals surface area contributed by atoms with E-state index in [0.29, 0.717) is 11.6 Å². The number of para-hydroxylation sites is 1. The Hall–Kier alpha value is -1.80. The summed E-state index contributed by atoms with van der Waals surface area (Å²) in [6, 6.07) is 7.54. The maximum atomic E-state index is 11.8. The Balaban J connectivity index is 1.95. The summed E-state index contributed by atoms with van der Waals surface area (Å²) < 4.78 is 33.0. The zero-order valence-electron chi connectivity index (χ0n) is 10.7. The van der Waals surface area contributed by atoms with Gasteiger partial charge in [-0.3, -0.25) is 0 Å². The van der Waals surface area contributed by atoms with Crippen LogP contribution in [0.2, 0.25) is 0 Å². The van der Waals surface area contributed by atoms with Crippen molar-refractivity contribution in [2.75, 3.05) is 23.9 Å². The average molecular weight is 311 g/mol. The Morgan fingerprint density at radius 3 is 2.95 bits per heavy atom. The molecule has 8 heteroatoms. The zero-order valence-corrected chi connectivity index (χ0v) is 12.3. The molecular weight excluding hydrogens is 298 g/mol. The van der Waals surface area contributed by atoms with Gasteiger partial charge in [-0.25, -0.2) is 8.42 Å². The highest BCUT2D eigenvalue weighted by atomic mass is 32.2. The molecule has 0 amide bonds. The molecule has 1 unspecified atom stereocenters. The molecule has 0 radical (unpaired) electrons. The average Bonchev–Trinajstić information content (AvgIpc) is 2.94. The molecule has 20 heavy (non-hydrogen) atoms. The Morgan fingerprint density at radius 2 is 2.20 bits per heavy atom. The maximum absolute atomic E-state index is 11.8. The number of anilines is 2. The molecular formula is C12H13N3O3S2. The van der Waals surface area contributed by atoms with Crippen LogP contribution in [0, 0.1) is 0 Å². The SMILES string of the molecule is CS(=O)(=O)c1c(N)nsc1NC1COc2ccccc21. The fourth-order valence-corrected chi connectivity index (χ4v) is 4.29. The van der Waals surface area contributed by atoms with E-state index in [4.69, 9.17) is 10.5 Å². The van der Waals surface area contributed by atoms with Gasteiger partial charge in [-0.15, -0.1) is 0 Å². The number of hydrogen-bond donors (Lipinski definition) is 2. The molecule has 0 saturated carbocycles. The summed E-state index contributed by atoms with van der Waals surface area (Å²) >= 11 is 1.04. The number of rotatable bonds is 3. The van der Waals surface area contributed by atoms with Gasteiger partial charge < -0.3 is 15.8 Å². The second-order valence-electron chi connectivity index (χ2n) is 4.54. The minimum absolute atomic E-state index is 0.0344. The molecule has 0 aliphatic carbocycles. The lowest BCUT2D eigenvalue weighted by molar-refractivity contribution is 0.340. The molecule has 3 rings (SSSR count). The summed E-state index contributed by atoms with van der Waals surface area (Å²) in [5.74, 6) is 0.843. The van der Waals surface area contributed by atoms with E-state index in [2.05, 4.69) is 9.69 Å². The first kappa shape index (κ1) is 13.2. The smallest absolute Gasteiger partial charge is 0.182 e. The van der Waals surface area contributed by atoms with Gasteiger partial charge in [0.05, 0.1) is 6.04 Å². The van der Waals surface area contributed by atoms with Crippen molar-refractivity contribution in [3.8, 4) is 5.75 Å². The van der Waals surface area contributed by atoms with E-state index in [9.17, 15) is 8.42 Å². The third-order valence-corrected chi connectivity index (χ3v) is 5.13. The Labute approximate surface area is 120 Å². The molecule has 2 heterocycles. The van der Waals surface area contributed by atoms with Gasteiger partial charge in [0.1, 0.15) is 22.3 Å². The number of nitrogens with zero attached hydrogens (tertiary/aromatic N) is 1. The van der Waals surface area contributed by atoms with Gasteiger partial charge in [-0.05, 0) is 17.6 Å². The van der Waals surface area contributed by atoms with Crippen molar-refractivity contribution in [3.63, 3.8) is 0 Å². The highest BCUT2D eigenvalue weighted by Crippen LogP contribution is 2.38. The van der Waals surface area contributed by atoms with E-state index >= 15 is 0 Å².